The van der Waals surface area contributed by atoms with Gasteiger partial charge in [-0.1, -0.05) is 12.1 Å². The van der Waals surface area contributed by atoms with Crippen LogP contribution >= 0.6 is 0 Å². The summed E-state index contributed by atoms with van der Waals surface area (Å²) in [5.74, 6) is 0.252. The minimum atomic E-state index is 0.252. The van der Waals surface area contributed by atoms with Crippen LogP contribution in [0.25, 0.3) is 0 Å². The van der Waals surface area contributed by atoms with Gasteiger partial charge in [0.15, 0.2) is 0 Å². The molecule has 0 bridgehead atoms. The third kappa shape index (κ3) is 3.21. The molecule has 2 heteroatoms. The summed E-state index contributed by atoms with van der Waals surface area (Å²) >= 11 is 0. The fraction of sp³-hybridized carbons (Fsp3) is 0.417. The lowest BCUT2D eigenvalue weighted by Crippen LogP contribution is -2.08. The van der Waals surface area contributed by atoms with Gasteiger partial charge in [0.2, 0.25) is 0 Å². The molecule has 76 valence electrons. The fourth-order valence-electron chi connectivity index (χ4n) is 1.28. The standard InChI is InChI=1S/C12H17NO/c1-10(14)4-5-11-6-8-12(9-7-11)13(2)3/h6-9H,4-5H2,1-3H3. The highest BCUT2D eigenvalue weighted by Crippen LogP contribution is 2.13. The van der Waals surface area contributed by atoms with E-state index in [2.05, 4.69) is 29.2 Å². The first kappa shape index (κ1) is 10.8. The number of Topliss-reactive ketones (excluding diaryl/α,β-unsaturated/α-hetero) is 1. The van der Waals surface area contributed by atoms with Crippen LogP contribution in [0, 0.1) is 0 Å². The molecular formula is C12H17NO. The Bertz CT molecular complexity index is 301. The summed E-state index contributed by atoms with van der Waals surface area (Å²) in [6.07, 6.45) is 1.49. The van der Waals surface area contributed by atoms with E-state index in [1.807, 2.05) is 14.1 Å². The zero-order chi connectivity index (χ0) is 10.6. The van der Waals surface area contributed by atoms with Gasteiger partial charge in [0.1, 0.15) is 5.78 Å². The number of anilines is 1. The first-order valence-electron chi connectivity index (χ1n) is 4.85. The maximum absolute atomic E-state index is 10.8. The van der Waals surface area contributed by atoms with E-state index in [1.165, 1.54) is 11.3 Å². The monoisotopic (exact) mass is 191 g/mol. The molecule has 0 unspecified atom stereocenters. The minimum Gasteiger partial charge on any atom is -0.378 e. The molecule has 0 aromatic heterocycles. The highest BCUT2D eigenvalue weighted by molar-refractivity contribution is 5.75. The lowest BCUT2D eigenvalue weighted by Gasteiger charge is -2.12. The maximum atomic E-state index is 10.8. The Labute approximate surface area is 85.5 Å². The Morgan fingerprint density at radius 2 is 1.79 bits per heavy atom. The molecule has 0 fully saturated rings. The normalized spacial score (nSPS) is 9.93. The number of carbonyl (C=O) groups is 1. The predicted molar refractivity (Wildman–Crippen MR) is 59.8 cm³/mol. The van der Waals surface area contributed by atoms with E-state index in [1.54, 1.807) is 6.92 Å². The topological polar surface area (TPSA) is 20.3 Å². The lowest BCUT2D eigenvalue weighted by molar-refractivity contribution is -0.116. The molecular weight excluding hydrogens is 174 g/mol. The second-order valence-electron chi connectivity index (χ2n) is 3.76. The van der Waals surface area contributed by atoms with E-state index < -0.39 is 0 Å². The average Bonchev–Trinajstić information content (AvgIpc) is 2.15. The fourth-order valence-corrected chi connectivity index (χ4v) is 1.28. The molecule has 0 saturated heterocycles. The molecule has 14 heavy (non-hydrogen) atoms. The lowest BCUT2D eigenvalue weighted by atomic mass is 10.1. The number of benzene rings is 1. The summed E-state index contributed by atoms with van der Waals surface area (Å²) in [5, 5.41) is 0. The predicted octanol–water partition coefficient (Wildman–Crippen LogP) is 2.27. The van der Waals surface area contributed by atoms with Gasteiger partial charge in [0, 0.05) is 26.2 Å². The van der Waals surface area contributed by atoms with E-state index in [0.29, 0.717) is 6.42 Å². The van der Waals surface area contributed by atoms with Gasteiger partial charge in [-0.05, 0) is 31.0 Å². The van der Waals surface area contributed by atoms with Crippen molar-refractivity contribution in [1.82, 2.24) is 0 Å². The molecule has 0 amide bonds. The van der Waals surface area contributed by atoms with Gasteiger partial charge in [-0.3, -0.25) is 0 Å². The number of hydrogen-bond donors (Lipinski definition) is 0. The molecule has 0 radical (unpaired) electrons. The van der Waals surface area contributed by atoms with Crippen molar-refractivity contribution >= 4 is 11.5 Å². The zero-order valence-corrected chi connectivity index (χ0v) is 9.08. The first-order chi connectivity index (χ1) is 6.59. The Morgan fingerprint density at radius 3 is 2.21 bits per heavy atom. The summed E-state index contributed by atoms with van der Waals surface area (Å²) < 4.78 is 0. The van der Waals surface area contributed by atoms with Crippen LogP contribution in [-0.2, 0) is 11.2 Å². The van der Waals surface area contributed by atoms with E-state index in [-0.39, 0.29) is 5.78 Å². The number of rotatable bonds is 4. The molecule has 0 N–H and O–H groups in total. The quantitative estimate of drug-likeness (QED) is 0.727. The Hall–Kier alpha value is -1.31. The van der Waals surface area contributed by atoms with Crippen LogP contribution in [0.2, 0.25) is 0 Å². The Kier molecular flexibility index (Phi) is 3.69. The van der Waals surface area contributed by atoms with Crippen LogP contribution < -0.4 is 4.90 Å². The van der Waals surface area contributed by atoms with Gasteiger partial charge in [0.05, 0.1) is 0 Å². The van der Waals surface area contributed by atoms with Crippen molar-refractivity contribution in [1.29, 1.82) is 0 Å². The molecule has 1 aromatic carbocycles. The zero-order valence-electron chi connectivity index (χ0n) is 9.08. The Balaban J connectivity index is 2.59. The summed E-state index contributed by atoms with van der Waals surface area (Å²) in [6.45, 7) is 1.63. The number of aryl methyl sites for hydroxylation is 1. The van der Waals surface area contributed by atoms with Crippen molar-refractivity contribution in [3.8, 4) is 0 Å². The van der Waals surface area contributed by atoms with Crippen molar-refractivity contribution in [2.24, 2.45) is 0 Å². The van der Waals surface area contributed by atoms with Gasteiger partial charge < -0.3 is 9.69 Å². The van der Waals surface area contributed by atoms with Crippen molar-refractivity contribution in [2.45, 2.75) is 19.8 Å². The SMILES string of the molecule is CC(=O)CCc1ccc(N(C)C)cc1. The van der Waals surface area contributed by atoms with Crippen LogP contribution in [0.4, 0.5) is 5.69 Å². The first-order valence-corrected chi connectivity index (χ1v) is 4.85. The number of ketones is 1. The van der Waals surface area contributed by atoms with Crippen LogP contribution in [0.3, 0.4) is 0 Å². The molecule has 0 saturated carbocycles. The molecule has 0 aliphatic rings. The third-order valence-corrected chi connectivity index (χ3v) is 2.22. The molecule has 0 aliphatic carbocycles. The average molecular weight is 191 g/mol. The maximum Gasteiger partial charge on any atom is 0.130 e. The van der Waals surface area contributed by atoms with Gasteiger partial charge in [0.25, 0.3) is 0 Å². The molecule has 0 aliphatic heterocycles. The molecule has 1 rings (SSSR count). The van der Waals surface area contributed by atoms with E-state index in [4.69, 9.17) is 0 Å². The van der Waals surface area contributed by atoms with Gasteiger partial charge >= 0.3 is 0 Å². The molecule has 0 spiro atoms. The highest BCUT2D eigenvalue weighted by Gasteiger charge is 1.98. The van der Waals surface area contributed by atoms with Gasteiger partial charge in [-0.2, -0.15) is 0 Å². The highest BCUT2D eigenvalue weighted by atomic mass is 16.1. The molecule has 0 atom stereocenters. The van der Waals surface area contributed by atoms with Crippen molar-refractivity contribution in [3.05, 3.63) is 29.8 Å². The number of nitrogens with zero attached hydrogens (tertiary/aromatic N) is 1. The second-order valence-corrected chi connectivity index (χ2v) is 3.76. The largest absolute Gasteiger partial charge is 0.378 e. The van der Waals surface area contributed by atoms with Crippen LogP contribution in [0.1, 0.15) is 18.9 Å². The van der Waals surface area contributed by atoms with Crippen LogP contribution in [-0.4, -0.2) is 19.9 Å². The summed E-state index contributed by atoms with van der Waals surface area (Å²) in [4.78, 5) is 12.8. The Morgan fingerprint density at radius 1 is 1.21 bits per heavy atom. The third-order valence-electron chi connectivity index (χ3n) is 2.22. The minimum absolute atomic E-state index is 0.252. The smallest absolute Gasteiger partial charge is 0.130 e. The number of carbonyl (C=O) groups excluding carboxylic acids is 1. The summed E-state index contributed by atoms with van der Waals surface area (Å²) in [7, 11) is 4.04. The van der Waals surface area contributed by atoms with Crippen molar-refractivity contribution in [2.75, 3.05) is 19.0 Å². The van der Waals surface area contributed by atoms with Crippen molar-refractivity contribution < 1.29 is 4.79 Å². The van der Waals surface area contributed by atoms with Crippen LogP contribution in [0.5, 0.6) is 0 Å². The van der Waals surface area contributed by atoms with Gasteiger partial charge in [-0.15, -0.1) is 0 Å². The number of hydrogen-bond acceptors (Lipinski definition) is 2. The summed E-state index contributed by atoms with van der Waals surface area (Å²) in [5.41, 5.74) is 2.42. The molecule has 0 heterocycles. The second kappa shape index (κ2) is 4.80. The van der Waals surface area contributed by atoms with Crippen molar-refractivity contribution in [3.63, 3.8) is 0 Å². The van der Waals surface area contributed by atoms with E-state index in [9.17, 15) is 4.79 Å². The molecule has 1 aromatic rings. The molecule has 2 nitrogen and oxygen atoms in total. The van der Waals surface area contributed by atoms with Gasteiger partial charge in [-0.25, -0.2) is 0 Å². The van der Waals surface area contributed by atoms with Crippen LogP contribution in [0.15, 0.2) is 24.3 Å². The summed E-state index contributed by atoms with van der Waals surface area (Å²) in [6, 6.07) is 8.32. The van der Waals surface area contributed by atoms with E-state index >= 15 is 0 Å². The van der Waals surface area contributed by atoms with E-state index in [0.717, 1.165) is 6.42 Å².